The molecule has 0 saturated carbocycles. The van der Waals surface area contributed by atoms with Crippen LogP contribution in [0.15, 0.2) is 48.5 Å². The van der Waals surface area contributed by atoms with Crippen molar-refractivity contribution in [2.24, 2.45) is 0 Å². The van der Waals surface area contributed by atoms with E-state index in [0.717, 1.165) is 46.0 Å². The van der Waals surface area contributed by atoms with Crippen molar-refractivity contribution in [3.05, 3.63) is 71.0 Å². The summed E-state index contributed by atoms with van der Waals surface area (Å²) in [6.45, 7) is 6.30. The van der Waals surface area contributed by atoms with E-state index < -0.39 is 0 Å². The van der Waals surface area contributed by atoms with Crippen molar-refractivity contribution in [3.8, 4) is 5.69 Å². The van der Waals surface area contributed by atoms with Crippen LogP contribution in [0.1, 0.15) is 35.9 Å². The van der Waals surface area contributed by atoms with Crippen LogP contribution < -0.4 is 10.2 Å². The number of amides is 2. The predicted octanol–water partition coefficient (Wildman–Crippen LogP) is 3.97. The zero-order valence-electron chi connectivity index (χ0n) is 17.6. The van der Waals surface area contributed by atoms with E-state index in [1.807, 2.05) is 61.0 Å². The summed E-state index contributed by atoms with van der Waals surface area (Å²) >= 11 is 0. The minimum atomic E-state index is -0.0148. The van der Waals surface area contributed by atoms with Gasteiger partial charge in [0.1, 0.15) is 0 Å². The second kappa shape index (κ2) is 8.14. The third-order valence-corrected chi connectivity index (χ3v) is 5.47. The van der Waals surface area contributed by atoms with Crippen LogP contribution in [0.3, 0.4) is 0 Å². The predicted molar refractivity (Wildman–Crippen MR) is 118 cm³/mol. The average Bonchev–Trinajstić information content (AvgIpc) is 3.29. The molecule has 0 spiro atoms. The van der Waals surface area contributed by atoms with Crippen molar-refractivity contribution >= 4 is 23.2 Å². The number of rotatable bonds is 5. The molecule has 0 fully saturated rings. The van der Waals surface area contributed by atoms with E-state index in [1.54, 1.807) is 11.8 Å². The van der Waals surface area contributed by atoms with Crippen LogP contribution in [-0.2, 0) is 22.4 Å². The van der Waals surface area contributed by atoms with Crippen LogP contribution in [0.2, 0.25) is 0 Å². The average molecular weight is 402 g/mol. The number of aryl methyl sites for hydroxylation is 3. The van der Waals surface area contributed by atoms with E-state index >= 15 is 0 Å². The first-order valence-corrected chi connectivity index (χ1v) is 10.2. The molecule has 1 aromatic heterocycles. The Morgan fingerprint density at radius 1 is 1.07 bits per heavy atom. The highest BCUT2D eigenvalue weighted by atomic mass is 16.2. The van der Waals surface area contributed by atoms with E-state index in [1.165, 1.54) is 0 Å². The van der Waals surface area contributed by atoms with Gasteiger partial charge in [0.2, 0.25) is 11.8 Å². The Labute approximate surface area is 176 Å². The van der Waals surface area contributed by atoms with E-state index in [9.17, 15) is 9.59 Å². The Bertz CT molecular complexity index is 1100. The summed E-state index contributed by atoms with van der Waals surface area (Å²) in [7, 11) is 0. The van der Waals surface area contributed by atoms with Gasteiger partial charge in [-0.25, -0.2) is 4.68 Å². The molecule has 0 atom stereocenters. The topological polar surface area (TPSA) is 67.2 Å². The standard InChI is InChI=1S/C24H26N4O2/c1-16-14-17(2)28(26-16)22-8-4-19(5-9-22)6-11-24(30)25-21-7-10-23-20(15-21)12-13-27(23)18(3)29/h4-5,7-10,14-15H,6,11-13H2,1-3H3,(H,25,30). The first-order chi connectivity index (χ1) is 14.4. The molecule has 1 N–H and O–H groups in total. The van der Waals surface area contributed by atoms with Gasteiger partial charge in [0.25, 0.3) is 0 Å². The van der Waals surface area contributed by atoms with Gasteiger partial charge in [-0.1, -0.05) is 12.1 Å². The molecule has 2 aromatic carbocycles. The van der Waals surface area contributed by atoms with Crippen LogP contribution in [0.4, 0.5) is 11.4 Å². The highest BCUT2D eigenvalue weighted by molar-refractivity contribution is 5.95. The summed E-state index contributed by atoms with van der Waals surface area (Å²) in [6, 6.07) is 16.0. The van der Waals surface area contributed by atoms with Gasteiger partial charge < -0.3 is 10.2 Å². The summed E-state index contributed by atoms with van der Waals surface area (Å²) in [6.07, 6.45) is 1.91. The maximum Gasteiger partial charge on any atom is 0.224 e. The van der Waals surface area contributed by atoms with Crippen LogP contribution in [0.5, 0.6) is 0 Å². The third-order valence-electron chi connectivity index (χ3n) is 5.47. The van der Waals surface area contributed by atoms with Crippen molar-refractivity contribution in [2.75, 3.05) is 16.8 Å². The zero-order chi connectivity index (χ0) is 21.3. The van der Waals surface area contributed by atoms with Crippen molar-refractivity contribution in [2.45, 2.75) is 40.0 Å². The first-order valence-electron chi connectivity index (χ1n) is 10.2. The van der Waals surface area contributed by atoms with Crippen molar-refractivity contribution < 1.29 is 9.59 Å². The molecule has 0 aliphatic carbocycles. The molecule has 1 aliphatic heterocycles. The van der Waals surface area contributed by atoms with Gasteiger partial charge in [-0.3, -0.25) is 9.59 Å². The molecule has 0 unspecified atom stereocenters. The van der Waals surface area contributed by atoms with E-state index in [0.29, 0.717) is 19.4 Å². The Kier molecular flexibility index (Phi) is 5.40. The maximum atomic E-state index is 12.4. The first kappa shape index (κ1) is 19.9. The number of benzene rings is 2. The van der Waals surface area contributed by atoms with Gasteiger partial charge in [-0.05, 0) is 74.2 Å². The lowest BCUT2D eigenvalue weighted by Crippen LogP contribution is -2.25. The molecule has 0 bridgehead atoms. The molecule has 154 valence electrons. The van der Waals surface area contributed by atoms with Gasteiger partial charge >= 0.3 is 0 Å². The number of carbonyl (C=O) groups is 2. The van der Waals surface area contributed by atoms with Crippen LogP contribution >= 0.6 is 0 Å². The van der Waals surface area contributed by atoms with Crippen molar-refractivity contribution in [3.63, 3.8) is 0 Å². The third kappa shape index (κ3) is 4.13. The molecule has 30 heavy (non-hydrogen) atoms. The zero-order valence-corrected chi connectivity index (χ0v) is 17.6. The van der Waals surface area contributed by atoms with Gasteiger partial charge in [0.05, 0.1) is 11.4 Å². The molecule has 2 heterocycles. The summed E-state index contributed by atoms with van der Waals surface area (Å²) in [4.78, 5) is 25.8. The van der Waals surface area contributed by atoms with Gasteiger partial charge in [0, 0.05) is 37.0 Å². The minimum absolute atomic E-state index is 0.0148. The molecule has 1 aliphatic rings. The Balaban J connectivity index is 1.34. The lowest BCUT2D eigenvalue weighted by molar-refractivity contribution is -0.117. The molecule has 6 nitrogen and oxygen atoms in total. The van der Waals surface area contributed by atoms with Gasteiger partial charge in [-0.2, -0.15) is 5.10 Å². The Morgan fingerprint density at radius 3 is 2.50 bits per heavy atom. The molecular formula is C24H26N4O2. The van der Waals surface area contributed by atoms with Crippen molar-refractivity contribution in [1.82, 2.24) is 9.78 Å². The second-order valence-electron chi connectivity index (χ2n) is 7.82. The molecule has 2 amide bonds. The molecular weight excluding hydrogens is 376 g/mol. The number of anilines is 2. The monoisotopic (exact) mass is 402 g/mol. The minimum Gasteiger partial charge on any atom is -0.326 e. The molecule has 4 rings (SSSR count). The van der Waals surface area contributed by atoms with Crippen LogP contribution in [-0.4, -0.2) is 28.1 Å². The quantitative estimate of drug-likeness (QED) is 0.702. The Morgan fingerprint density at radius 2 is 1.83 bits per heavy atom. The summed E-state index contributed by atoms with van der Waals surface area (Å²) < 4.78 is 1.92. The molecule has 6 heteroatoms. The van der Waals surface area contributed by atoms with Gasteiger partial charge in [-0.15, -0.1) is 0 Å². The fourth-order valence-corrected chi connectivity index (χ4v) is 3.98. The summed E-state index contributed by atoms with van der Waals surface area (Å²) in [5, 5.41) is 7.48. The number of fused-ring (bicyclic) bond motifs is 1. The van der Waals surface area contributed by atoms with E-state index in [2.05, 4.69) is 16.5 Å². The number of aromatic nitrogens is 2. The van der Waals surface area contributed by atoms with Gasteiger partial charge in [0.15, 0.2) is 0 Å². The van der Waals surface area contributed by atoms with Crippen LogP contribution in [0.25, 0.3) is 5.69 Å². The van der Waals surface area contributed by atoms with Crippen molar-refractivity contribution in [1.29, 1.82) is 0 Å². The fourth-order valence-electron chi connectivity index (χ4n) is 3.98. The maximum absolute atomic E-state index is 12.4. The number of carbonyl (C=O) groups excluding carboxylic acids is 2. The summed E-state index contributed by atoms with van der Waals surface area (Å²) in [5.41, 5.74) is 7.05. The SMILES string of the molecule is CC(=O)N1CCc2cc(NC(=O)CCc3ccc(-n4nc(C)cc4C)cc3)ccc21. The van der Waals surface area contributed by atoms with E-state index in [-0.39, 0.29) is 11.8 Å². The lowest BCUT2D eigenvalue weighted by atomic mass is 10.1. The number of nitrogens with zero attached hydrogens (tertiary/aromatic N) is 3. The number of hydrogen-bond donors (Lipinski definition) is 1. The second-order valence-corrected chi connectivity index (χ2v) is 7.82. The van der Waals surface area contributed by atoms with Crippen LogP contribution in [0, 0.1) is 13.8 Å². The highest BCUT2D eigenvalue weighted by Gasteiger charge is 2.22. The molecule has 0 saturated heterocycles. The normalized spacial score (nSPS) is 12.7. The number of nitrogens with one attached hydrogen (secondary N) is 1. The lowest BCUT2D eigenvalue weighted by Gasteiger charge is -2.15. The Hall–Kier alpha value is -3.41. The van der Waals surface area contributed by atoms with E-state index in [4.69, 9.17) is 0 Å². The largest absolute Gasteiger partial charge is 0.326 e. The smallest absolute Gasteiger partial charge is 0.224 e. The summed E-state index contributed by atoms with van der Waals surface area (Å²) in [5.74, 6) is 0.0356. The highest BCUT2D eigenvalue weighted by Crippen LogP contribution is 2.30. The fraction of sp³-hybridized carbons (Fsp3) is 0.292. The number of hydrogen-bond acceptors (Lipinski definition) is 3. The molecule has 3 aromatic rings. The molecule has 0 radical (unpaired) electrons.